The van der Waals surface area contributed by atoms with E-state index in [0.29, 0.717) is 35.7 Å². The third-order valence-corrected chi connectivity index (χ3v) is 5.92. The predicted octanol–water partition coefficient (Wildman–Crippen LogP) is 0.926. The largest absolute Gasteiger partial charge is 0.497 e. The summed E-state index contributed by atoms with van der Waals surface area (Å²) in [5.74, 6) is 5.60. The maximum atomic E-state index is 13.0. The van der Waals surface area contributed by atoms with Crippen LogP contribution in [0, 0.1) is 11.8 Å². The highest BCUT2D eigenvalue weighted by Crippen LogP contribution is 2.28. The van der Waals surface area contributed by atoms with Gasteiger partial charge in [-0.3, -0.25) is 19.9 Å². The Balaban J connectivity index is 1.40. The Kier molecular flexibility index (Phi) is 5.06. The van der Waals surface area contributed by atoms with Gasteiger partial charge in [-0.15, -0.1) is 0 Å². The van der Waals surface area contributed by atoms with Crippen LogP contribution in [0.4, 0.5) is 4.79 Å². The quantitative estimate of drug-likeness (QED) is 0.467. The fraction of sp³-hybridized carbons (Fsp3) is 0.200. The number of nitrogens with one attached hydrogen (secondary N) is 2. The molecule has 1 saturated heterocycles. The number of fused-ring (bicyclic) bond motifs is 1. The average Bonchev–Trinajstić information content (AvgIpc) is 3.48. The first-order valence-corrected chi connectivity index (χ1v) is 10.6. The number of carbonyl (C=O) groups excluding carboxylic acids is 3. The number of amides is 4. The number of hydrogen-bond donors (Lipinski definition) is 3. The molecule has 0 aliphatic carbocycles. The van der Waals surface area contributed by atoms with E-state index in [1.165, 1.54) is 12.0 Å². The van der Waals surface area contributed by atoms with Crippen LogP contribution in [0.1, 0.15) is 27.0 Å². The molecule has 2 aromatic carbocycles. The van der Waals surface area contributed by atoms with Crippen LogP contribution < -0.4 is 21.1 Å². The Morgan fingerprint density at radius 2 is 1.97 bits per heavy atom. The number of rotatable bonds is 4. The Hall–Kier alpha value is -4.58. The molecule has 0 spiro atoms. The molecule has 170 valence electrons. The van der Waals surface area contributed by atoms with Crippen molar-refractivity contribution in [3.8, 4) is 17.6 Å². The fourth-order valence-electron chi connectivity index (χ4n) is 4.13. The summed E-state index contributed by atoms with van der Waals surface area (Å²) in [4.78, 5) is 43.6. The second kappa shape index (κ2) is 8.08. The van der Waals surface area contributed by atoms with Crippen molar-refractivity contribution < 1.29 is 19.1 Å². The lowest BCUT2D eigenvalue weighted by Gasteiger charge is -2.26. The molecule has 3 aliphatic rings. The van der Waals surface area contributed by atoms with Crippen LogP contribution in [-0.2, 0) is 11.3 Å². The molecule has 1 atom stereocenters. The lowest BCUT2D eigenvalue weighted by atomic mass is 9.98. The monoisotopic (exact) mass is 455 g/mol. The molecular weight excluding hydrogens is 434 g/mol. The van der Waals surface area contributed by atoms with Crippen LogP contribution in [0.15, 0.2) is 59.2 Å². The summed E-state index contributed by atoms with van der Waals surface area (Å²) in [7, 11) is 1.53. The Morgan fingerprint density at radius 3 is 2.62 bits per heavy atom. The second-order valence-corrected chi connectivity index (χ2v) is 8.25. The molecule has 9 nitrogen and oxygen atoms in total. The van der Waals surface area contributed by atoms with Gasteiger partial charge in [0.05, 0.1) is 25.9 Å². The zero-order valence-electron chi connectivity index (χ0n) is 18.3. The van der Waals surface area contributed by atoms with Crippen LogP contribution in [0.3, 0.4) is 0 Å². The standard InChI is InChI=1S/C25H21N5O4/c1-34-19-7-6-17-13-30(22(31)20(17)11-19)14-25(23(32)28-24(33)29-25)9-8-15-2-4-16(5-3-15)21-10-18(26)12-27-21/h2-7,10-11H,12-14,26H2,1H3,(H2,28,29,32,33)/t25-/m1/s1. The molecule has 3 aliphatic heterocycles. The zero-order chi connectivity index (χ0) is 23.9. The zero-order valence-corrected chi connectivity index (χ0v) is 18.3. The summed E-state index contributed by atoms with van der Waals surface area (Å²) < 4.78 is 5.21. The minimum atomic E-state index is -1.57. The van der Waals surface area contributed by atoms with E-state index in [-0.39, 0.29) is 12.5 Å². The Labute approximate surface area is 195 Å². The molecule has 4 N–H and O–H groups in total. The van der Waals surface area contributed by atoms with E-state index in [1.807, 2.05) is 24.3 Å². The number of carbonyl (C=O) groups is 3. The van der Waals surface area contributed by atoms with Gasteiger partial charge in [-0.1, -0.05) is 30.0 Å². The number of allylic oxidation sites excluding steroid dienone is 1. The van der Waals surface area contributed by atoms with Crippen LogP contribution in [0.2, 0.25) is 0 Å². The van der Waals surface area contributed by atoms with E-state index < -0.39 is 17.5 Å². The molecule has 1 fully saturated rings. The van der Waals surface area contributed by atoms with Crippen molar-refractivity contribution in [1.82, 2.24) is 15.5 Å². The molecule has 5 rings (SSSR count). The molecular formula is C25H21N5O4. The van der Waals surface area contributed by atoms with Crippen molar-refractivity contribution in [2.45, 2.75) is 12.1 Å². The molecule has 2 aromatic rings. The first kappa shape index (κ1) is 21.3. The number of nitrogens with two attached hydrogens (primary N) is 1. The van der Waals surface area contributed by atoms with Crippen molar-refractivity contribution in [2.75, 3.05) is 20.2 Å². The molecule has 0 aromatic heterocycles. The van der Waals surface area contributed by atoms with Gasteiger partial charge in [0, 0.05) is 23.4 Å². The lowest BCUT2D eigenvalue weighted by molar-refractivity contribution is -0.122. The number of imide groups is 1. The van der Waals surface area contributed by atoms with E-state index in [1.54, 1.807) is 24.3 Å². The predicted molar refractivity (Wildman–Crippen MR) is 124 cm³/mol. The minimum absolute atomic E-state index is 0.0909. The topological polar surface area (TPSA) is 126 Å². The number of hydrogen-bond acceptors (Lipinski definition) is 6. The number of methoxy groups -OCH3 is 1. The third kappa shape index (κ3) is 3.75. The normalized spacial score (nSPS) is 20.7. The molecule has 9 heteroatoms. The highest BCUT2D eigenvalue weighted by molar-refractivity contribution is 6.11. The first-order valence-electron chi connectivity index (χ1n) is 10.6. The Bertz CT molecular complexity index is 1350. The molecule has 0 radical (unpaired) electrons. The summed E-state index contributed by atoms with van der Waals surface area (Å²) in [6.45, 7) is 0.699. The van der Waals surface area contributed by atoms with Gasteiger partial charge in [-0.2, -0.15) is 0 Å². The van der Waals surface area contributed by atoms with E-state index in [9.17, 15) is 14.4 Å². The average molecular weight is 455 g/mol. The number of urea groups is 1. The van der Waals surface area contributed by atoms with E-state index >= 15 is 0 Å². The number of ether oxygens (including phenoxy) is 1. The number of benzene rings is 2. The van der Waals surface area contributed by atoms with E-state index in [4.69, 9.17) is 10.5 Å². The van der Waals surface area contributed by atoms with Crippen molar-refractivity contribution in [2.24, 2.45) is 10.7 Å². The summed E-state index contributed by atoms with van der Waals surface area (Å²) in [5, 5.41) is 4.85. The number of nitrogens with zero attached hydrogens (tertiary/aromatic N) is 2. The molecule has 0 bridgehead atoms. The second-order valence-electron chi connectivity index (χ2n) is 8.25. The molecule has 0 unspecified atom stereocenters. The SMILES string of the molecule is COc1ccc2c(c1)C(=O)N(C[C@@]1(C#Cc3ccc(C4=NCC(N)=C4)cc3)NC(=O)NC1=O)C2. The van der Waals surface area contributed by atoms with Gasteiger partial charge in [0.15, 0.2) is 0 Å². The maximum Gasteiger partial charge on any atom is 0.323 e. The molecule has 34 heavy (non-hydrogen) atoms. The highest BCUT2D eigenvalue weighted by atomic mass is 16.5. The maximum absolute atomic E-state index is 13.0. The smallest absolute Gasteiger partial charge is 0.323 e. The van der Waals surface area contributed by atoms with Crippen molar-refractivity contribution in [3.05, 3.63) is 76.5 Å². The van der Waals surface area contributed by atoms with Gasteiger partial charge in [0.1, 0.15) is 5.75 Å². The number of aliphatic imine (C=N–C) groups is 1. The van der Waals surface area contributed by atoms with Gasteiger partial charge in [0.2, 0.25) is 5.54 Å². The van der Waals surface area contributed by atoms with Crippen LogP contribution >= 0.6 is 0 Å². The van der Waals surface area contributed by atoms with Gasteiger partial charge < -0.3 is 20.7 Å². The first-order chi connectivity index (χ1) is 16.4. The Morgan fingerprint density at radius 1 is 1.18 bits per heavy atom. The van der Waals surface area contributed by atoms with Gasteiger partial charge >= 0.3 is 6.03 Å². The highest BCUT2D eigenvalue weighted by Gasteiger charge is 2.48. The van der Waals surface area contributed by atoms with Gasteiger partial charge in [-0.25, -0.2) is 4.79 Å². The van der Waals surface area contributed by atoms with Gasteiger partial charge in [-0.05, 0) is 41.5 Å². The van der Waals surface area contributed by atoms with Crippen molar-refractivity contribution in [1.29, 1.82) is 0 Å². The van der Waals surface area contributed by atoms with E-state index in [0.717, 1.165) is 16.8 Å². The fourth-order valence-corrected chi connectivity index (χ4v) is 4.13. The lowest BCUT2D eigenvalue weighted by Crippen LogP contribution is -2.54. The summed E-state index contributed by atoms with van der Waals surface area (Å²) in [5.41, 5.74) is 8.61. The molecule has 3 heterocycles. The van der Waals surface area contributed by atoms with Gasteiger partial charge in [0.25, 0.3) is 11.8 Å². The molecule has 4 amide bonds. The minimum Gasteiger partial charge on any atom is -0.497 e. The van der Waals surface area contributed by atoms with Crippen molar-refractivity contribution >= 4 is 23.6 Å². The van der Waals surface area contributed by atoms with Crippen LogP contribution in [-0.4, -0.2) is 54.2 Å². The summed E-state index contributed by atoms with van der Waals surface area (Å²) in [6, 6.07) is 12.0. The molecule has 0 saturated carbocycles. The summed E-state index contributed by atoms with van der Waals surface area (Å²) >= 11 is 0. The van der Waals surface area contributed by atoms with Crippen LogP contribution in [0.5, 0.6) is 5.75 Å². The summed E-state index contributed by atoms with van der Waals surface area (Å²) in [6.07, 6.45) is 1.83. The third-order valence-electron chi connectivity index (χ3n) is 5.92. The van der Waals surface area contributed by atoms with E-state index in [2.05, 4.69) is 27.5 Å². The van der Waals surface area contributed by atoms with Crippen LogP contribution in [0.25, 0.3) is 0 Å². The van der Waals surface area contributed by atoms with Crippen molar-refractivity contribution in [3.63, 3.8) is 0 Å².